The van der Waals surface area contributed by atoms with Gasteiger partial charge in [0.25, 0.3) is 0 Å². The Kier molecular flexibility index (Phi) is 2.80. The number of nitrogens with one attached hydrogen (secondary N) is 1. The SMILES string of the molecule is c1ccc2c(c1)N(CC1CCNC1)CC21CCCC1. The van der Waals surface area contributed by atoms with Crippen LogP contribution in [0.2, 0.25) is 0 Å². The van der Waals surface area contributed by atoms with Crippen LogP contribution >= 0.6 is 0 Å². The molecule has 2 nitrogen and oxygen atoms in total. The molecule has 1 aromatic rings. The standard InChI is InChI=1S/C17H24N2/c1-2-6-16-15(5-1)17(8-3-4-9-17)13-19(16)12-14-7-10-18-11-14/h1-2,5-6,14,18H,3-4,7-13H2. The lowest BCUT2D eigenvalue weighted by atomic mass is 9.81. The molecule has 1 atom stereocenters. The van der Waals surface area contributed by atoms with Crippen molar-refractivity contribution in [3.05, 3.63) is 29.8 Å². The molecule has 1 aliphatic carbocycles. The Hall–Kier alpha value is -1.02. The van der Waals surface area contributed by atoms with E-state index in [4.69, 9.17) is 0 Å². The van der Waals surface area contributed by atoms with Crippen LogP contribution in [0.5, 0.6) is 0 Å². The van der Waals surface area contributed by atoms with Crippen LogP contribution in [0.4, 0.5) is 5.69 Å². The number of rotatable bonds is 2. The van der Waals surface area contributed by atoms with Crippen LogP contribution in [0, 0.1) is 5.92 Å². The molecule has 1 saturated carbocycles. The van der Waals surface area contributed by atoms with Crippen LogP contribution in [-0.2, 0) is 5.41 Å². The third kappa shape index (κ3) is 1.88. The molecule has 102 valence electrons. The Morgan fingerprint density at radius 2 is 2.05 bits per heavy atom. The van der Waals surface area contributed by atoms with Crippen LogP contribution in [0.25, 0.3) is 0 Å². The zero-order valence-electron chi connectivity index (χ0n) is 11.7. The molecule has 2 aliphatic heterocycles. The van der Waals surface area contributed by atoms with Gasteiger partial charge in [0.05, 0.1) is 0 Å². The molecule has 1 saturated heterocycles. The zero-order chi connectivity index (χ0) is 12.7. The maximum Gasteiger partial charge on any atom is 0.0405 e. The summed E-state index contributed by atoms with van der Waals surface area (Å²) >= 11 is 0. The van der Waals surface area contributed by atoms with Gasteiger partial charge in [-0.3, -0.25) is 0 Å². The van der Waals surface area contributed by atoms with Crippen molar-refractivity contribution in [3.8, 4) is 0 Å². The van der Waals surface area contributed by atoms with E-state index in [9.17, 15) is 0 Å². The summed E-state index contributed by atoms with van der Waals surface area (Å²) in [6, 6.07) is 9.20. The fraction of sp³-hybridized carbons (Fsp3) is 0.647. The Morgan fingerprint density at radius 3 is 2.84 bits per heavy atom. The van der Waals surface area contributed by atoms with Crippen molar-refractivity contribution in [2.24, 2.45) is 5.92 Å². The molecule has 0 bridgehead atoms. The predicted molar refractivity (Wildman–Crippen MR) is 79.8 cm³/mol. The van der Waals surface area contributed by atoms with Crippen molar-refractivity contribution in [2.75, 3.05) is 31.1 Å². The van der Waals surface area contributed by atoms with Crippen molar-refractivity contribution in [2.45, 2.75) is 37.5 Å². The summed E-state index contributed by atoms with van der Waals surface area (Å²) < 4.78 is 0. The minimum Gasteiger partial charge on any atom is -0.370 e. The minimum atomic E-state index is 0.503. The molecule has 1 unspecified atom stereocenters. The number of fused-ring (bicyclic) bond motifs is 2. The Balaban J connectivity index is 1.63. The summed E-state index contributed by atoms with van der Waals surface area (Å²) in [5, 5.41) is 3.50. The Morgan fingerprint density at radius 1 is 1.21 bits per heavy atom. The topological polar surface area (TPSA) is 15.3 Å². The highest BCUT2D eigenvalue weighted by Gasteiger charge is 2.44. The van der Waals surface area contributed by atoms with E-state index >= 15 is 0 Å². The highest BCUT2D eigenvalue weighted by molar-refractivity contribution is 5.63. The van der Waals surface area contributed by atoms with Gasteiger partial charge in [0.1, 0.15) is 0 Å². The van der Waals surface area contributed by atoms with Crippen LogP contribution in [0.1, 0.15) is 37.7 Å². The van der Waals surface area contributed by atoms with Crippen LogP contribution in [-0.4, -0.2) is 26.2 Å². The van der Waals surface area contributed by atoms with Crippen molar-refractivity contribution in [1.29, 1.82) is 0 Å². The molecule has 4 rings (SSSR count). The highest BCUT2D eigenvalue weighted by atomic mass is 15.2. The first-order valence-corrected chi connectivity index (χ1v) is 7.93. The summed E-state index contributed by atoms with van der Waals surface area (Å²) in [5.41, 5.74) is 3.69. The van der Waals surface area contributed by atoms with E-state index in [0.717, 1.165) is 5.92 Å². The molecule has 2 fully saturated rings. The lowest BCUT2D eigenvalue weighted by Gasteiger charge is -2.27. The van der Waals surface area contributed by atoms with E-state index < -0.39 is 0 Å². The fourth-order valence-corrected chi connectivity index (χ4v) is 4.56. The smallest absolute Gasteiger partial charge is 0.0405 e. The summed E-state index contributed by atoms with van der Waals surface area (Å²) in [4.78, 5) is 2.69. The average Bonchev–Trinajstić information content (AvgIpc) is 3.15. The van der Waals surface area contributed by atoms with Crippen molar-refractivity contribution < 1.29 is 0 Å². The molecule has 1 aromatic carbocycles. The third-order valence-electron chi connectivity index (χ3n) is 5.51. The zero-order valence-corrected chi connectivity index (χ0v) is 11.7. The Labute approximate surface area is 116 Å². The predicted octanol–water partition coefficient (Wildman–Crippen LogP) is 2.93. The van der Waals surface area contributed by atoms with Crippen molar-refractivity contribution in [3.63, 3.8) is 0 Å². The third-order valence-corrected chi connectivity index (χ3v) is 5.51. The summed E-state index contributed by atoms with van der Waals surface area (Å²) in [7, 11) is 0. The summed E-state index contributed by atoms with van der Waals surface area (Å²) in [6.07, 6.45) is 7.01. The molecule has 0 aromatic heterocycles. The second-order valence-corrected chi connectivity index (χ2v) is 6.74. The molecule has 19 heavy (non-hydrogen) atoms. The maximum atomic E-state index is 3.50. The first-order valence-electron chi connectivity index (χ1n) is 7.93. The first-order chi connectivity index (χ1) is 9.37. The molecular formula is C17H24N2. The van der Waals surface area contributed by atoms with E-state index in [-0.39, 0.29) is 0 Å². The van der Waals surface area contributed by atoms with Gasteiger partial charge < -0.3 is 10.2 Å². The van der Waals surface area contributed by atoms with Gasteiger partial charge in [-0.1, -0.05) is 31.0 Å². The number of hydrogen-bond acceptors (Lipinski definition) is 2. The molecular weight excluding hydrogens is 232 g/mol. The molecule has 0 amide bonds. The van der Waals surface area contributed by atoms with Gasteiger partial charge in [-0.25, -0.2) is 0 Å². The fourth-order valence-electron chi connectivity index (χ4n) is 4.56. The molecule has 1 spiro atoms. The number of nitrogens with zero attached hydrogens (tertiary/aromatic N) is 1. The van der Waals surface area contributed by atoms with Gasteiger partial charge in [-0.15, -0.1) is 0 Å². The van der Waals surface area contributed by atoms with Gasteiger partial charge in [-0.2, -0.15) is 0 Å². The van der Waals surface area contributed by atoms with E-state index in [1.54, 1.807) is 5.56 Å². The van der Waals surface area contributed by atoms with Gasteiger partial charge in [0.2, 0.25) is 0 Å². The number of hydrogen-bond donors (Lipinski definition) is 1. The van der Waals surface area contributed by atoms with E-state index in [0.29, 0.717) is 5.41 Å². The monoisotopic (exact) mass is 256 g/mol. The first kappa shape index (κ1) is 11.8. The van der Waals surface area contributed by atoms with Gasteiger partial charge in [0, 0.05) is 24.2 Å². The summed E-state index contributed by atoms with van der Waals surface area (Å²) in [6.45, 7) is 4.96. The van der Waals surface area contributed by atoms with E-state index in [1.165, 1.54) is 64.0 Å². The van der Waals surface area contributed by atoms with E-state index in [1.807, 2.05) is 0 Å². The van der Waals surface area contributed by atoms with Crippen molar-refractivity contribution in [1.82, 2.24) is 5.32 Å². The molecule has 2 heterocycles. The molecule has 1 N–H and O–H groups in total. The van der Waals surface area contributed by atoms with Gasteiger partial charge in [0.15, 0.2) is 0 Å². The summed E-state index contributed by atoms with van der Waals surface area (Å²) in [5.74, 6) is 0.851. The van der Waals surface area contributed by atoms with Crippen molar-refractivity contribution >= 4 is 5.69 Å². The second-order valence-electron chi connectivity index (χ2n) is 6.74. The molecule has 2 heteroatoms. The maximum absolute atomic E-state index is 3.50. The van der Waals surface area contributed by atoms with Crippen LogP contribution in [0.3, 0.4) is 0 Å². The average molecular weight is 256 g/mol. The molecule has 3 aliphatic rings. The van der Waals surface area contributed by atoms with E-state index in [2.05, 4.69) is 34.5 Å². The lowest BCUT2D eigenvalue weighted by Crippen LogP contribution is -2.34. The minimum absolute atomic E-state index is 0.503. The quantitative estimate of drug-likeness (QED) is 0.875. The van der Waals surface area contributed by atoms with Crippen LogP contribution in [0.15, 0.2) is 24.3 Å². The van der Waals surface area contributed by atoms with Gasteiger partial charge >= 0.3 is 0 Å². The second kappa shape index (κ2) is 4.52. The van der Waals surface area contributed by atoms with Gasteiger partial charge in [-0.05, 0) is 49.9 Å². The molecule has 0 radical (unpaired) electrons. The highest BCUT2D eigenvalue weighted by Crippen LogP contribution is 2.50. The van der Waals surface area contributed by atoms with Crippen LogP contribution < -0.4 is 10.2 Å². The number of para-hydroxylation sites is 1. The largest absolute Gasteiger partial charge is 0.370 e. The number of benzene rings is 1. The normalized spacial score (nSPS) is 28.2. The number of anilines is 1. The Bertz CT molecular complexity index is 456. The lowest BCUT2D eigenvalue weighted by molar-refractivity contribution is 0.451.